The molecule has 1 aromatic rings. The quantitative estimate of drug-likeness (QED) is 0.443. The van der Waals surface area contributed by atoms with E-state index in [1.54, 1.807) is 12.1 Å². The van der Waals surface area contributed by atoms with E-state index in [9.17, 15) is 10.1 Å². The Balaban J connectivity index is 2.56. The maximum absolute atomic E-state index is 10.9. The number of hydrogen-bond acceptors (Lipinski definition) is 3. The van der Waals surface area contributed by atoms with Gasteiger partial charge in [0.2, 0.25) is 0 Å². The summed E-state index contributed by atoms with van der Waals surface area (Å²) in [6.45, 7) is 0. The van der Waals surface area contributed by atoms with E-state index < -0.39 is 10.3 Å². The van der Waals surface area contributed by atoms with Crippen molar-refractivity contribution in [3.63, 3.8) is 0 Å². The van der Waals surface area contributed by atoms with Gasteiger partial charge in [-0.25, -0.2) is 0 Å². The molecule has 0 saturated heterocycles. The highest BCUT2D eigenvalue weighted by Crippen LogP contribution is 2.51. The molecule has 0 radical (unpaired) electrons. The van der Waals surface area contributed by atoms with Crippen LogP contribution in [0.3, 0.4) is 0 Å². The largest absolute Gasteiger partial charge is 0.497 e. The Bertz CT molecular complexity index is 484. The first-order valence-corrected chi connectivity index (χ1v) is 4.93. The number of benzene rings is 1. The SMILES string of the molecule is C#CC1(c2cc(OC)ccc2[N+](=O)[O-])CC1. The Morgan fingerprint density at radius 2 is 2.25 bits per heavy atom. The van der Waals surface area contributed by atoms with Gasteiger partial charge >= 0.3 is 0 Å². The molecule has 0 spiro atoms. The molecule has 0 amide bonds. The summed E-state index contributed by atoms with van der Waals surface area (Å²) in [6, 6.07) is 4.70. The van der Waals surface area contributed by atoms with Crippen molar-refractivity contribution in [1.29, 1.82) is 0 Å². The summed E-state index contributed by atoms with van der Waals surface area (Å²) in [5.74, 6) is 3.25. The van der Waals surface area contributed by atoms with E-state index in [1.807, 2.05) is 0 Å². The maximum atomic E-state index is 10.9. The second kappa shape index (κ2) is 3.53. The lowest BCUT2D eigenvalue weighted by Gasteiger charge is -2.10. The van der Waals surface area contributed by atoms with Gasteiger partial charge in [0.25, 0.3) is 5.69 Å². The fourth-order valence-electron chi connectivity index (χ4n) is 1.80. The Morgan fingerprint density at radius 1 is 1.56 bits per heavy atom. The van der Waals surface area contributed by atoms with Crippen LogP contribution in [0, 0.1) is 22.5 Å². The van der Waals surface area contributed by atoms with Gasteiger partial charge in [-0.3, -0.25) is 10.1 Å². The van der Waals surface area contributed by atoms with E-state index in [-0.39, 0.29) is 5.69 Å². The van der Waals surface area contributed by atoms with Crippen LogP contribution in [-0.2, 0) is 5.41 Å². The average molecular weight is 217 g/mol. The van der Waals surface area contributed by atoms with Crippen LogP contribution in [-0.4, -0.2) is 12.0 Å². The van der Waals surface area contributed by atoms with Crippen LogP contribution in [0.1, 0.15) is 18.4 Å². The van der Waals surface area contributed by atoms with Gasteiger partial charge in [-0.1, -0.05) is 5.92 Å². The number of terminal acetylenes is 1. The van der Waals surface area contributed by atoms with Crippen LogP contribution >= 0.6 is 0 Å². The molecule has 0 atom stereocenters. The predicted octanol–water partition coefficient (Wildman–Crippen LogP) is 2.27. The summed E-state index contributed by atoms with van der Waals surface area (Å²) in [6.07, 6.45) is 7.05. The van der Waals surface area contributed by atoms with Gasteiger partial charge in [0.1, 0.15) is 5.75 Å². The van der Waals surface area contributed by atoms with Gasteiger partial charge in [0.15, 0.2) is 0 Å². The highest BCUT2D eigenvalue weighted by molar-refractivity contribution is 5.55. The topological polar surface area (TPSA) is 52.4 Å². The molecule has 0 N–H and O–H groups in total. The molecule has 0 aromatic heterocycles. The first kappa shape index (κ1) is 10.5. The molecule has 4 nitrogen and oxygen atoms in total. The van der Waals surface area contributed by atoms with E-state index in [0.29, 0.717) is 11.3 Å². The van der Waals surface area contributed by atoms with Crippen molar-refractivity contribution in [3.8, 4) is 18.1 Å². The molecule has 1 saturated carbocycles. The number of nitrogens with zero attached hydrogens (tertiary/aromatic N) is 1. The Morgan fingerprint density at radius 3 is 2.69 bits per heavy atom. The van der Waals surface area contributed by atoms with Gasteiger partial charge in [0.05, 0.1) is 23.0 Å². The maximum Gasteiger partial charge on any atom is 0.274 e. The molecule has 4 heteroatoms. The zero-order valence-electron chi connectivity index (χ0n) is 8.90. The monoisotopic (exact) mass is 217 g/mol. The molecule has 2 rings (SSSR count). The van der Waals surface area contributed by atoms with E-state index in [2.05, 4.69) is 5.92 Å². The number of ether oxygens (including phenoxy) is 1. The van der Waals surface area contributed by atoms with Gasteiger partial charge < -0.3 is 4.74 Å². The zero-order valence-corrected chi connectivity index (χ0v) is 8.90. The molecule has 0 bridgehead atoms. The lowest BCUT2D eigenvalue weighted by Crippen LogP contribution is -2.07. The Hall–Kier alpha value is -2.02. The smallest absolute Gasteiger partial charge is 0.274 e. The fraction of sp³-hybridized carbons (Fsp3) is 0.333. The van der Waals surface area contributed by atoms with Crippen molar-refractivity contribution in [2.75, 3.05) is 7.11 Å². The number of rotatable bonds is 3. The fourth-order valence-corrected chi connectivity index (χ4v) is 1.80. The number of nitro groups is 1. The molecule has 1 fully saturated rings. The first-order chi connectivity index (χ1) is 7.63. The van der Waals surface area contributed by atoms with Crippen LogP contribution in [0.2, 0.25) is 0 Å². The second-order valence-corrected chi connectivity index (χ2v) is 3.87. The lowest BCUT2D eigenvalue weighted by atomic mass is 9.95. The molecular weight excluding hydrogens is 206 g/mol. The van der Waals surface area contributed by atoms with Crippen LogP contribution in [0.5, 0.6) is 5.75 Å². The van der Waals surface area contributed by atoms with E-state index in [0.717, 1.165) is 12.8 Å². The summed E-state index contributed by atoms with van der Waals surface area (Å²) in [5, 5.41) is 10.9. The third-order valence-corrected chi connectivity index (χ3v) is 2.94. The van der Waals surface area contributed by atoms with Crippen molar-refractivity contribution >= 4 is 5.69 Å². The second-order valence-electron chi connectivity index (χ2n) is 3.87. The van der Waals surface area contributed by atoms with Crippen molar-refractivity contribution in [1.82, 2.24) is 0 Å². The molecule has 1 aliphatic carbocycles. The lowest BCUT2D eigenvalue weighted by molar-refractivity contribution is -0.385. The van der Waals surface area contributed by atoms with E-state index >= 15 is 0 Å². The van der Waals surface area contributed by atoms with Gasteiger partial charge in [-0.2, -0.15) is 0 Å². The molecule has 0 aliphatic heterocycles. The Kier molecular flexibility index (Phi) is 2.31. The molecule has 1 aromatic carbocycles. The first-order valence-electron chi connectivity index (χ1n) is 4.93. The normalized spacial score (nSPS) is 16.2. The van der Waals surface area contributed by atoms with E-state index in [4.69, 9.17) is 11.2 Å². The Labute approximate surface area is 93.4 Å². The zero-order chi connectivity index (χ0) is 11.8. The molecule has 0 heterocycles. The average Bonchev–Trinajstić information content (AvgIpc) is 3.09. The van der Waals surface area contributed by atoms with Gasteiger partial charge in [-0.05, 0) is 25.0 Å². The summed E-state index contributed by atoms with van der Waals surface area (Å²) in [5.41, 5.74) is 0.229. The minimum atomic E-state index is -0.447. The summed E-state index contributed by atoms with van der Waals surface area (Å²) in [7, 11) is 1.53. The summed E-state index contributed by atoms with van der Waals surface area (Å²) in [4.78, 5) is 10.5. The minimum Gasteiger partial charge on any atom is -0.497 e. The van der Waals surface area contributed by atoms with Gasteiger partial charge in [0, 0.05) is 6.07 Å². The van der Waals surface area contributed by atoms with E-state index in [1.165, 1.54) is 13.2 Å². The van der Waals surface area contributed by atoms with Crippen LogP contribution < -0.4 is 4.74 Å². The third kappa shape index (κ3) is 1.50. The minimum absolute atomic E-state index is 0.0799. The highest BCUT2D eigenvalue weighted by atomic mass is 16.6. The molecule has 16 heavy (non-hydrogen) atoms. The summed E-state index contributed by atoms with van der Waals surface area (Å²) >= 11 is 0. The third-order valence-electron chi connectivity index (χ3n) is 2.94. The van der Waals surface area contributed by atoms with Gasteiger partial charge in [-0.15, -0.1) is 6.42 Å². The number of methoxy groups -OCH3 is 1. The molecular formula is C12H11NO3. The molecule has 1 aliphatic rings. The van der Waals surface area contributed by atoms with Crippen molar-refractivity contribution in [3.05, 3.63) is 33.9 Å². The van der Waals surface area contributed by atoms with Crippen LogP contribution in [0.15, 0.2) is 18.2 Å². The molecule has 0 unspecified atom stereocenters. The van der Waals surface area contributed by atoms with Crippen molar-refractivity contribution in [2.24, 2.45) is 0 Å². The van der Waals surface area contributed by atoms with Crippen LogP contribution in [0.4, 0.5) is 5.69 Å². The summed E-state index contributed by atoms with van der Waals surface area (Å²) < 4.78 is 5.07. The van der Waals surface area contributed by atoms with Crippen molar-refractivity contribution in [2.45, 2.75) is 18.3 Å². The van der Waals surface area contributed by atoms with Crippen molar-refractivity contribution < 1.29 is 9.66 Å². The predicted molar refractivity (Wildman–Crippen MR) is 59.4 cm³/mol. The van der Waals surface area contributed by atoms with Crippen LogP contribution in [0.25, 0.3) is 0 Å². The standard InChI is InChI=1S/C12H11NO3/c1-3-12(6-7-12)10-8-9(16-2)4-5-11(10)13(14)15/h1,4-5,8H,6-7H2,2H3. The highest BCUT2D eigenvalue weighted by Gasteiger charge is 2.46. The molecule has 82 valence electrons. The number of hydrogen-bond donors (Lipinski definition) is 0. The number of nitro benzene ring substituents is 1.